The number of benzene rings is 1. The Bertz CT molecular complexity index is 337. The van der Waals surface area contributed by atoms with Gasteiger partial charge in [0.1, 0.15) is 11.9 Å². The monoisotopic (exact) mass is 219 g/mol. The third-order valence-electron chi connectivity index (χ3n) is 3.45. The SMILES string of the molecule is CC1CCCCC1Oc1cccc(CN)c1. The Balaban J connectivity index is 2.01. The fourth-order valence-electron chi connectivity index (χ4n) is 2.38. The molecule has 1 aliphatic carbocycles. The third-order valence-corrected chi connectivity index (χ3v) is 3.45. The zero-order chi connectivity index (χ0) is 11.4. The molecule has 2 N–H and O–H groups in total. The number of nitrogens with two attached hydrogens (primary N) is 1. The van der Waals surface area contributed by atoms with Gasteiger partial charge in [-0.15, -0.1) is 0 Å². The van der Waals surface area contributed by atoms with E-state index in [1.54, 1.807) is 0 Å². The van der Waals surface area contributed by atoms with Crippen molar-refractivity contribution in [3.8, 4) is 5.75 Å². The zero-order valence-corrected chi connectivity index (χ0v) is 9.99. The van der Waals surface area contributed by atoms with Gasteiger partial charge in [-0.1, -0.05) is 25.5 Å². The molecule has 88 valence electrons. The van der Waals surface area contributed by atoms with E-state index >= 15 is 0 Å². The molecule has 1 aromatic rings. The molecule has 0 aliphatic heterocycles. The summed E-state index contributed by atoms with van der Waals surface area (Å²) in [5.41, 5.74) is 6.76. The summed E-state index contributed by atoms with van der Waals surface area (Å²) in [6.07, 6.45) is 5.52. The lowest BCUT2D eigenvalue weighted by atomic mass is 9.88. The standard InChI is InChI=1S/C14H21NO/c1-11-5-2-3-8-14(11)16-13-7-4-6-12(9-13)10-15/h4,6-7,9,11,14H,2-3,5,8,10,15H2,1H3. The second-order valence-corrected chi connectivity index (χ2v) is 4.77. The topological polar surface area (TPSA) is 35.2 Å². The first kappa shape index (κ1) is 11.5. The van der Waals surface area contributed by atoms with Crippen LogP contribution in [-0.4, -0.2) is 6.10 Å². The lowest BCUT2D eigenvalue weighted by Gasteiger charge is -2.29. The minimum absolute atomic E-state index is 0.391. The first-order chi connectivity index (χ1) is 7.79. The van der Waals surface area contributed by atoms with Crippen LogP contribution < -0.4 is 10.5 Å². The molecule has 2 nitrogen and oxygen atoms in total. The molecule has 2 unspecified atom stereocenters. The first-order valence-corrected chi connectivity index (χ1v) is 6.25. The normalized spacial score (nSPS) is 25.4. The van der Waals surface area contributed by atoms with E-state index in [2.05, 4.69) is 13.0 Å². The fourth-order valence-corrected chi connectivity index (χ4v) is 2.38. The average Bonchev–Trinajstić information content (AvgIpc) is 2.32. The van der Waals surface area contributed by atoms with Crippen molar-refractivity contribution in [2.45, 2.75) is 45.3 Å². The van der Waals surface area contributed by atoms with Gasteiger partial charge in [-0.3, -0.25) is 0 Å². The molecule has 0 spiro atoms. The van der Waals surface area contributed by atoms with Gasteiger partial charge in [0, 0.05) is 6.54 Å². The zero-order valence-electron chi connectivity index (χ0n) is 9.99. The van der Waals surface area contributed by atoms with Gasteiger partial charge >= 0.3 is 0 Å². The van der Waals surface area contributed by atoms with Crippen LogP contribution in [0.1, 0.15) is 38.2 Å². The van der Waals surface area contributed by atoms with E-state index in [1.807, 2.05) is 18.2 Å². The van der Waals surface area contributed by atoms with E-state index in [9.17, 15) is 0 Å². The van der Waals surface area contributed by atoms with Crippen molar-refractivity contribution in [3.05, 3.63) is 29.8 Å². The highest BCUT2D eigenvalue weighted by Crippen LogP contribution is 2.28. The molecular weight excluding hydrogens is 198 g/mol. The van der Waals surface area contributed by atoms with Crippen molar-refractivity contribution < 1.29 is 4.74 Å². The second-order valence-electron chi connectivity index (χ2n) is 4.77. The summed E-state index contributed by atoms with van der Waals surface area (Å²) >= 11 is 0. The maximum Gasteiger partial charge on any atom is 0.120 e. The molecule has 0 amide bonds. The maximum absolute atomic E-state index is 6.05. The van der Waals surface area contributed by atoms with Gasteiger partial charge in [0.15, 0.2) is 0 Å². The highest BCUT2D eigenvalue weighted by Gasteiger charge is 2.22. The summed E-state index contributed by atoms with van der Waals surface area (Å²) in [5, 5.41) is 0. The van der Waals surface area contributed by atoms with Crippen molar-refractivity contribution in [2.24, 2.45) is 11.7 Å². The van der Waals surface area contributed by atoms with Crippen LogP contribution in [0.2, 0.25) is 0 Å². The molecule has 0 saturated heterocycles. The maximum atomic E-state index is 6.05. The molecule has 16 heavy (non-hydrogen) atoms. The average molecular weight is 219 g/mol. The van der Waals surface area contributed by atoms with E-state index in [0.717, 1.165) is 11.3 Å². The molecule has 2 rings (SSSR count). The minimum atomic E-state index is 0.391. The van der Waals surface area contributed by atoms with E-state index < -0.39 is 0 Å². The van der Waals surface area contributed by atoms with Crippen LogP contribution in [-0.2, 0) is 6.54 Å². The first-order valence-electron chi connectivity index (χ1n) is 6.25. The van der Waals surface area contributed by atoms with Crippen LogP contribution in [0.4, 0.5) is 0 Å². The lowest BCUT2D eigenvalue weighted by Crippen LogP contribution is -2.28. The number of hydrogen-bond donors (Lipinski definition) is 1. The molecule has 1 fully saturated rings. The molecule has 2 atom stereocenters. The van der Waals surface area contributed by atoms with Gasteiger partial charge < -0.3 is 10.5 Å². The Hall–Kier alpha value is -1.02. The number of ether oxygens (including phenoxy) is 1. The van der Waals surface area contributed by atoms with Crippen LogP contribution in [0.15, 0.2) is 24.3 Å². The largest absolute Gasteiger partial charge is 0.490 e. The minimum Gasteiger partial charge on any atom is -0.490 e. The van der Waals surface area contributed by atoms with Crippen LogP contribution >= 0.6 is 0 Å². The predicted octanol–water partition coefficient (Wildman–Crippen LogP) is 3.10. The van der Waals surface area contributed by atoms with Crippen molar-refractivity contribution in [2.75, 3.05) is 0 Å². The molecule has 1 aliphatic rings. The van der Waals surface area contributed by atoms with E-state index in [0.29, 0.717) is 18.6 Å². The van der Waals surface area contributed by atoms with Gasteiger partial charge in [0.2, 0.25) is 0 Å². The van der Waals surface area contributed by atoms with Crippen molar-refractivity contribution in [3.63, 3.8) is 0 Å². The highest BCUT2D eigenvalue weighted by atomic mass is 16.5. The Labute approximate surface area is 97.8 Å². The second kappa shape index (κ2) is 5.35. The van der Waals surface area contributed by atoms with Gasteiger partial charge in [0.05, 0.1) is 0 Å². The summed E-state index contributed by atoms with van der Waals surface area (Å²) in [6, 6.07) is 8.14. The Kier molecular flexibility index (Phi) is 3.83. The van der Waals surface area contributed by atoms with E-state index in [1.165, 1.54) is 25.7 Å². The van der Waals surface area contributed by atoms with Crippen molar-refractivity contribution in [1.29, 1.82) is 0 Å². The molecule has 0 radical (unpaired) electrons. The Morgan fingerprint density at radius 1 is 1.31 bits per heavy atom. The number of rotatable bonds is 3. The van der Waals surface area contributed by atoms with Crippen LogP contribution in [0, 0.1) is 5.92 Å². The Morgan fingerprint density at radius 2 is 2.12 bits per heavy atom. The number of hydrogen-bond acceptors (Lipinski definition) is 2. The van der Waals surface area contributed by atoms with Gasteiger partial charge in [0.25, 0.3) is 0 Å². The van der Waals surface area contributed by atoms with Gasteiger partial charge in [-0.05, 0) is 42.9 Å². The molecule has 1 aromatic carbocycles. The Morgan fingerprint density at radius 3 is 2.88 bits per heavy atom. The predicted molar refractivity (Wildman–Crippen MR) is 66.4 cm³/mol. The van der Waals surface area contributed by atoms with Crippen molar-refractivity contribution in [1.82, 2.24) is 0 Å². The van der Waals surface area contributed by atoms with E-state index in [-0.39, 0.29) is 0 Å². The summed E-state index contributed by atoms with van der Waals surface area (Å²) in [4.78, 5) is 0. The van der Waals surface area contributed by atoms with Gasteiger partial charge in [-0.25, -0.2) is 0 Å². The smallest absolute Gasteiger partial charge is 0.120 e. The lowest BCUT2D eigenvalue weighted by molar-refractivity contribution is 0.102. The molecule has 0 bridgehead atoms. The van der Waals surface area contributed by atoms with Gasteiger partial charge in [-0.2, -0.15) is 0 Å². The molecule has 2 heteroatoms. The fraction of sp³-hybridized carbons (Fsp3) is 0.571. The van der Waals surface area contributed by atoms with Crippen LogP contribution in [0.3, 0.4) is 0 Å². The van der Waals surface area contributed by atoms with E-state index in [4.69, 9.17) is 10.5 Å². The molecule has 1 saturated carbocycles. The highest BCUT2D eigenvalue weighted by molar-refractivity contribution is 5.28. The summed E-state index contributed by atoms with van der Waals surface area (Å²) in [7, 11) is 0. The summed E-state index contributed by atoms with van der Waals surface area (Å²) in [6.45, 7) is 2.87. The third kappa shape index (κ3) is 2.76. The van der Waals surface area contributed by atoms with Crippen molar-refractivity contribution >= 4 is 0 Å². The molecule has 0 aromatic heterocycles. The van der Waals surface area contributed by atoms with Crippen LogP contribution in [0.5, 0.6) is 5.75 Å². The van der Waals surface area contributed by atoms with Crippen LogP contribution in [0.25, 0.3) is 0 Å². The summed E-state index contributed by atoms with van der Waals surface area (Å²) in [5.74, 6) is 1.65. The quantitative estimate of drug-likeness (QED) is 0.847. The summed E-state index contributed by atoms with van der Waals surface area (Å²) < 4.78 is 6.05. The molecule has 0 heterocycles. The molecular formula is C14H21NO.